The van der Waals surface area contributed by atoms with E-state index in [4.69, 9.17) is 4.74 Å². The van der Waals surface area contributed by atoms with E-state index in [9.17, 15) is 5.11 Å². The molecule has 3 atom stereocenters. The second-order valence-electron chi connectivity index (χ2n) is 6.72. The van der Waals surface area contributed by atoms with Crippen LogP contribution in [0, 0.1) is 13.8 Å². The van der Waals surface area contributed by atoms with Crippen LogP contribution in [0.15, 0.2) is 18.2 Å². The number of quaternary nitrogens is 1. The van der Waals surface area contributed by atoms with E-state index >= 15 is 0 Å². The van der Waals surface area contributed by atoms with Crippen molar-refractivity contribution in [3.05, 3.63) is 29.3 Å². The Hall–Kier alpha value is -1.06. The molecule has 1 fully saturated rings. The highest BCUT2D eigenvalue weighted by Crippen LogP contribution is 2.16. The fourth-order valence-electron chi connectivity index (χ4n) is 3.32. The van der Waals surface area contributed by atoms with Gasteiger partial charge in [0.25, 0.3) is 0 Å². The molecule has 0 aromatic heterocycles. The summed E-state index contributed by atoms with van der Waals surface area (Å²) in [5, 5.41) is 10.3. The van der Waals surface area contributed by atoms with Crippen molar-refractivity contribution in [1.82, 2.24) is 0 Å². The zero-order valence-corrected chi connectivity index (χ0v) is 13.9. The summed E-state index contributed by atoms with van der Waals surface area (Å²) in [5.74, 6) is 0.854. The van der Waals surface area contributed by atoms with Crippen molar-refractivity contribution < 1.29 is 14.7 Å². The van der Waals surface area contributed by atoms with Crippen molar-refractivity contribution in [2.24, 2.45) is 0 Å². The van der Waals surface area contributed by atoms with Crippen LogP contribution in [-0.4, -0.2) is 36.4 Å². The first kappa shape index (κ1) is 16.3. The molecule has 0 unspecified atom stereocenters. The molecule has 0 spiro atoms. The second-order valence-corrected chi connectivity index (χ2v) is 6.72. The summed E-state index contributed by atoms with van der Waals surface area (Å²) in [4.78, 5) is 1.53. The Morgan fingerprint density at radius 3 is 2.48 bits per heavy atom. The Balaban J connectivity index is 1.83. The molecule has 21 heavy (non-hydrogen) atoms. The summed E-state index contributed by atoms with van der Waals surface area (Å²) >= 11 is 0. The van der Waals surface area contributed by atoms with E-state index in [0.29, 0.717) is 18.7 Å². The minimum Gasteiger partial charge on any atom is -0.491 e. The van der Waals surface area contributed by atoms with Crippen LogP contribution in [0.4, 0.5) is 0 Å². The lowest BCUT2D eigenvalue weighted by Gasteiger charge is -2.36. The third kappa shape index (κ3) is 4.45. The summed E-state index contributed by atoms with van der Waals surface area (Å²) in [6, 6.07) is 7.38. The molecule has 0 amide bonds. The van der Waals surface area contributed by atoms with Gasteiger partial charge in [-0.15, -0.1) is 0 Å². The molecular formula is C18H30NO2+. The van der Waals surface area contributed by atoms with Crippen molar-refractivity contribution in [3.63, 3.8) is 0 Å². The first-order valence-electron chi connectivity index (χ1n) is 8.21. The molecule has 1 heterocycles. The SMILES string of the molecule is Cc1ccc(OC[C@H](O)C[NH+]2[C@@H](C)CCC[C@@H]2C)cc1C. The topological polar surface area (TPSA) is 33.9 Å². The van der Waals surface area contributed by atoms with Crippen LogP contribution in [0.3, 0.4) is 0 Å². The summed E-state index contributed by atoms with van der Waals surface area (Å²) in [6.07, 6.45) is 3.46. The van der Waals surface area contributed by atoms with Crippen LogP contribution in [0.2, 0.25) is 0 Å². The van der Waals surface area contributed by atoms with Crippen molar-refractivity contribution in [2.45, 2.75) is 65.1 Å². The number of hydrogen-bond acceptors (Lipinski definition) is 2. The molecule has 1 aliphatic heterocycles. The standard InChI is InChI=1S/C18H29NO2/c1-13-8-9-18(10-14(13)2)21-12-17(20)11-19-15(3)6-5-7-16(19)4/h8-10,15-17,20H,5-7,11-12H2,1-4H3/p+1/t15-,16-,17+/m0/s1. The molecule has 0 radical (unpaired) electrons. The number of aryl methyl sites for hydroxylation is 2. The van der Waals surface area contributed by atoms with Gasteiger partial charge in [0.2, 0.25) is 0 Å². The predicted molar refractivity (Wildman–Crippen MR) is 86.0 cm³/mol. The summed E-state index contributed by atoms with van der Waals surface area (Å²) < 4.78 is 5.75. The van der Waals surface area contributed by atoms with E-state index in [1.54, 1.807) is 0 Å². The molecule has 1 aromatic rings. The van der Waals surface area contributed by atoms with Crippen LogP contribution in [-0.2, 0) is 0 Å². The van der Waals surface area contributed by atoms with Crippen molar-refractivity contribution in [2.75, 3.05) is 13.2 Å². The van der Waals surface area contributed by atoms with Crippen molar-refractivity contribution in [3.8, 4) is 5.75 Å². The Labute approximate surface area is 128 Å². The minimum absolute atomic E-state index is 0.380. The first-order valence-corrected chi connectivity index (χ1v) is 8.21. The maximum Gasteiger partial charge on any atom is 0.137 e. The van der Waals surface area contributed by atoms with Crippen LogP contribution in [0.5, 0.6) is 5.75 Å². The van der Waals surface area contributed by atoms with Gasteiger partial charge in [-0.05, 0) is 70.2 Å². The van der Waals surface area contributed by atoms with Crippen LogP contribution in [0.1, 0.15) is 44.2 Å². The summed E-state index contributed by atoms with van der Waals surface area (Å²) in [7, 11) is 0. The smallest absolute Gasteiger partial charge is 0.137 e. The first-order chi connectivity index (χ1) is 9.97. The molecule has 1 aliphatic rings. The van der Waals surface area contributed by atoms with Gasteiger partial charge < -0.3 is 14.7 Å². The quantitative estimate of drug-likeness (QED) is 0.869. The minimum atomic E-state index is -0.399. The fraction of sp³-hybridized carbons (Fsp3) is 0.667. The average molecular weight is 292 g/mol. The number of rotatable bonds is 5. The van der Waals surface area contributed by atoms with Gasteiger partial charge in [-0.1, -0.05) is 6.07 Å². The normalized spacial score (nSPS) is 24.8. The highest BCUT2D eigenvalue weighted by Gasteiger charge is 2.30. The number of piperidine rings is 1. The van der Waals surface area contributed by atoms with Gasteiger partial charge in [0.05, 0.1) is 12.1 Å². The maximum atomic E-state index is 10.3. The predicted octanol–water partition coefficient (Wildman–Crippen LogP) is 1.89. The number of nitrogens with one attached hydrogen (secondary N) is 1. The van der Waals surface area contributed by atoms with Crippen molar-refractivity contribution in [1.29, 1.82) is 0 Å². The van der Waals surface area contributed by atoms with Gasteiger partial charge in [0, 0.05) is 0 Å². The maximum absolute atomic E-state index is 10.3. The van der Waals surface area contributed by atoms with Crippen LogP contribution < -0.4 is 9.64 Å². The van der Waals surface area contributed by atoms with E-state index in [2.05, 4.69) is 33.8 Å². The highest BCUT2D eigenvalue weighted by molar-refractivity contribution is 5.33. The lowest BCUT2D eigenvalue weighted by molar-refractivity contribution is -0.954. The van der Waals surface area contributed by atoms with E-state index in [0.717, 1.165) is 12.3 Å². The fourth-order valence-corrected chi connectivity index (χ4v) is 3.32. The van der Waals surface area contributed by atoms with Gasteiger partial charge >= 0.3 is 0 Å². The number of benzene rings is 1. The second kappa shape index (κ2) is 7.28. The molecule has 0 saturated carbocycles. The number of likely N-dealkylation sites (tertiary alicyclic amines) is 1. The van der Waals surface area contributed by atoms with Crippen LogP contribution >= 0.6 is 0 Å². The van der Waals surface area contributed by atoms with Crippen molar-refractivity contribution >= 4 is 0 Å². The Morgan fingerprint density at radius 1 is 1.19 bits per heavy atom. The molecule has 3 nitrogen and oxygen atoms in total. The highest BCUT2D eigenvalue weighted by atomic mass is 16.5. The Morgan fingerprint density at radius 2 is 1.86 bits per heavy atom. The molecule has 0 aliphatic carbocycles. The average Bonchev–Trinajstić information content (AvgIpc) is 2.44. The summed E-state index contributed by atoms with van der Waals surface area (Å²) in [5.41, 5.74) is 2.49. The number of aliphatic hydroxyl groups excluding tert-OH is 1. The molecule has 2 rings (SSSR count). The number of ether oxygens (including phenoxy) is 1. The summed E-state index contributed by atoms with van der Waals surface area (Å²) in [6.45, 7) is 9.93. The Kier molecular flexibility index (Phi) is 5.65. The van der Waals surface area contributed by atoms with E-state index in [1.807, 2.05) is 12.1 Å². The van der Waals surface area contributed by atoms with E-state index in [1.165, 1.54) is 35.3 Å². The third-order valence-corrected chi connectivity index (χ3v) is 4.93. The lowest BCUT2D eigenvalue weighted by Crippen LogP contribution is -3.20. The molecule has 0 bridgehead atoms. The van der Waals surface area contributed by atoms with Gasteiger partial charge in [-0.25, -0.2) is 0 Å². The molecule has 1 aromatic carbocycles. The van der Waals surface area contributed by atoms with Gasteiger partial charge in [-0.2, -0.15) is 0 Å². The number of hydrogen-bond donors (Lipinski definition) is 2. The number of aliphatic hydroxyl groups is 1. The monoisotopic (exact) mass is 292 g/mol. The van der Waals surface area contributed by atoms with Gasteiger partial charge in [-0.3, -0.25) is 0 Å². The molecule has 3 heteroatoms. The van der Waals surface area contributed by atoms with Gasteiger partial charge in [0.1, 0.15) is 25.0 Å². The van der Waals surface area contributed by atoms with Gasteiger partial charge in [0.15, 0.2) is 0 Å². The molecular weight excluding hydrogens is 262 g/mol. The lowest BCUT2D eigenvalue weighted by atomic mass is 9.97. The zero-order chi connectivity index (χ0) is 15.4. The van der Waals surface area contributed by atoms with E-state index in [-0.39, 0.29) is 0 Å². The van der Waals surface area contributed by atoms with E-state index < -0.39 is 6.10 Å². The molecule has 2 N–H and O–H groups in total. The Bertz CT molecular complexity index is 451. The largest absolute Gasteiger partial charge is 0.491 e. The molecule has 118 valence electrons. The zero-order valence-electron chi connectivity index (χ0n) is 13.9. The van der Waals surface area contributed by atoms with Crippen LogP contribution in [0.25, 0.3) is 0 Å². The third-order valence-electron chi connectivity index (χ3n) is 4.93. The molecule has 1 saturated heterocycles.